The number of carbonyl (C=O) groups excluding carboxylic acids is 2. The molecule has 0 saturated carbocycles. The molecule has 2 aromatic carbocycles. The van der Waals surface area contributed by atoms with Crippen molar-refractivity contribution in [2.75, 3.05) is 14.2 Å². The van der Waals surface area contributed by atoms with Crippen molar-refractivity contribution in [1.82, 2.24) is 5.01 Å². The third-order valence-electron chi connectivity index (χ3n) is 4.09. The molecule has 152 valence electrons. The number of carbonyl (C=O) groups is 2. The lowest BCUT2D eigenvalue weighted by Gasteiger charge is -2.20. The Morgan fingerprint density at radius 3 is 2.34 bits per heavy atom. The van der Waals surface area contributed by atoms with Gasteiger partial charge >= 0.3 is 5.97 Å². The molecular formula is C20H19BrN2O6. The highest BCUT2D eigenvalue weighted by Crippen LogP contribution is 2.37. The van der Waals surface area contributed by atoms with Crippen molar-refractivity contribution in [3.05, 3.63) is 52.0 Å². The quantitative estimate of drug-likeness (QED) is 0.497. The Balaban J connectivity index is 2.01. The van der Waals surface area contributed by atoms with E-state index in [1.807, 2.05) is 0 Å². The molecule has 0 saturated heterocycles. The number of esters is 1. The first kappa shape index (κ1) is 20.7. The van der Waals surface area contributed by atoms with Crippen LogP contribution in [0.4, 0.5) is 0 Å². The molecule has 9 heteroatoms. The molecule has 8 nitrogen and oxygen atoms in total. The second-order valence-corrected chi connectivity index (χ2v) is 7.00. The molecule has 1 atom stereocenters. The summed E-state index contributed by atoms with van der Waals surface area (Å²) in [7, 11) is 3.06. The van der Waals surface area contributed by atoms with E-state index in [0.717, 1.165) is 4.47 Å². The Bertz CT molecular complexity index is 991. The van der Waals surface area contributed by atoms with Gasteiger partial charge in [-0.1, -0.05) is 15.9 Å². The van der Waals surface area contributed by atoms with Crippen LogP contribution in [0.15, 0.2) is 46.0 Å². The first-order valence-electron chi connectivity index (χ1n) is 8.59. The van der Waals surface area contributed by atoms with Gasteiger partial charge < -0.3 is 18.9 Å². The Labute approximate surface area is 176 Å². The van der Waals surface area contributed by atoms with E-state index in [0.29, 0.717) is 22.6 Å². The zero-order valence-electron chi connectivity index (χ0n) is 16.3. The van der Waals surface area contributed by atoms with Gasteiger partial charge in [0.25, 0.3) is 0 Å². The fraction of sp³-hybridized carbons (Fsp3) is 0.250. The normalized spacial score (nSPS) is 15.4. The highest BCUT2D eigenvalue weighted by atomic mass is 79.9. The first-order chi connectivity index (χ1) is 13.8. The number of halogens is 1. The van der Waals surface area contributed by atoms with Gasteiger partial charge in [-0.25, -0.2) is 0 Å². The largest absolute Gasteiger partial charge is 0.493 e. The van der Waals surface area contributed by atoms with E-state index < -0.39 is 12.2 Å². The number of benzene rings is 2. The molecule has 0 spiro atoms. The van der Waals surface area contributed by atoms with Crippen LogP contribution in [0.1, 0.15) is 31.2 Å². The SMILES string of the molecule is COc1ccc(C2OC(c3cc(Br)ccc3OC(C)=O)=NN2C(C)=O)cc1OC. The van der Waals surface area contributed by atoms with Crippen molar-refractivity contribution >= 4 is 33.7 Å². The lowest BCUT2D eigenvalue weighted by molar-refractivity contribution is -0.135. The zero-order chi connectivity index (χ0) is 21.1. The summed E-state index contributed by atoms with van der Waals surface area (Å²) in [6, 6.07) is 10.2. The van der Waals surface area contributed by atoms with Crippen LogP contribution >= 0.6 is 15.9 Å². The minimum atomic E-state index is -0.813. The van der Waals surface area contributed by atoms with Crippen molar-refractivity contribution in [2.24, 2.45) is 5.10 Å². The standard InChI is InChI=1S/C20H19BrN2O6/c1-11(24)23-20(13-5-7-17(26-3)18(9-13)27-4)29-19(22-23)15-10-14(21)6-8-16(15)28-12(2)25/h5-10,20H,1-4H3. The summed E-state index contributed by atoms with van der Waals surface area (Å²) in [5.74, 6) is 0.673. The molecule has 0 fully saturated rings. The van der Waals surface area contributed by atoms with E-state index in [9.17, 15) is 9.59 Å². The van der Waals surface area contributed by atoms with Crippen molar-refractivity contribution in [1.29, 1.82) is 0 Å². The van der Waals surface area contributed by atoms with Crippen LogP contribution < -0.4 is 14.2 Å². The van der Waals surface area contributed by atoms with Gasteiger partial charge in [0.05, 0.1) is 19.8 Å². The second kappa shape index (κ2) is 8.52. The average molecular weight is 463 g/mol. The number of hydrogen-bond donors (Lipinski definition) is 0. The average Bonchev–Trinajstić information content (AvgIpc) is 3.14. The maximum Gasteiger partial charge on any atom is 0.308 e. The number of methoxy groups -OCH3 is 2. The summed E-state index contributed by atoms with van der Waals surface area (Å²) < 4.78 is 22.6. The molecule has 2 aromatic rings. The Morgan fingerprint density at radius 1 is 1.03 bits per heavy atom. The number of rotatable bonds is 5. The third kappa shape index (κ3) is 4.34. The highest BCUT2D eigenvalue weighted by molar-refractivity contribution is 9.10. The highest BCUT2D eigenvalue weighted by Gasteiger charge is 2.35. The molecule has 3 rings (SSSR count). The summed E-state index contributed by atoms with van der Waals surface area (Å²) >= 11 is 3.39. The Kier molecular flexibility index (Phi) is 6.07. The molecule has 1 aliphatic heterocycles. The maximum absolute atomic E-state index is 12.2. The minimum Gasteiger partial charge on any atom is -0.493 e. The van der Waals surface area contributed by atoms with Gasteiger partial charge in [0, 0.05) is 23.9 Å². The third-order valence-corrected chi connectivity index (χ3v) is 4.58. The monoisotopic (exact) mass is 462 g/mol. The molecule has 1 aliphatic rings. The molecule has 0 radical (unpaired) electrons. The predicted octanol–water partition coefficient (Wildman–Crippen LogP) is 3.63. The number of hydrazone groups is 1. The van der Waals surface area contributed by atoms with Gasteiger partial charge in [-0.2, -0.15) is 5.01 Å². The summed E-state index contributed by atoms with van der Waals surface area (Å²) in [6.07, 6.45) is -0.813. The van der Waals surface area contributed by atoms with Crippen LogP contribution in [0, 0.1) is 0 Å². The molecule has 29 heavy (non-hydrogen) atoms. The number of hydrogen-bond acceptors (Lipinski definition) is 7. The summed E-state index contributed by atoms with van der Waals surface area (Å²) in [5, 5.41) is 5.53. The molecule has 1 unspecified atom stereocenters. The van der Waals surface area contributed by atoms with Crippen LogP contribution in [0.5, 0.6) is 17.2 Å². The summed E-state index contributed by atoms with van der Waals surface area (Å²) in [5.41, 5.74) is 1.07. The minimum absolute atomic E-state index is 0.150. The van der Waals surface area contributed by atoms with E-state index in [1.165, 1.54) is 33.1 Å². The molecular weight excluding hydrogens is 444 g/mol. The summed E-state index contributed by atoms with van der Waals surface area (Å²) in [4.78, 5) is 23.7. The van der Waals surface area contributed by atoms with Crippen molar-refractivity contribution in [3.8, 4) is 17.2 Å². The van der Waals surface area contributed by atoms with E-state index in [1.54, 1.807) is 36.4 Å². The predicted molar refractivity (Wildman–Crippen MR) is 108 cm³/mol. The Hall–Kier alpha value is -3.07. The van der Waals surface area contributed by atoms with Gasteiger partial charge in [-0.3, -0.25) is 9.59 Å². The smallest absolute Gasteiger partial charge is 0.308 e. The Morgan fingerprint density at radius 2 is 1.72 bits per heavy atom. The molecule has 1 amide bonds. The van der Waals surface area contributed by atoms with E-state index in [2.05, 4.69) is 21.0 Å². The topological polar surface area (TPSA) is 86.7 Å². The molecule has 0 aromatic heterocycles. The van der Waals surface area contributed by atoms with Gasteiger partial charge in [0.15, 0.2) is 11.5 Å². The van der Waals surface area contributed by atoms with Crippen molar-refractivity contribution in [3.63, 3.8) is 0 Å². The maximum atomic E-state index is 12.2. The van der Waals surface area contributed by atoms with Crippen LogP contribution in [-0.2, 0) is 14.3 Å². The number of nitrogens with zero attached hydrogens (tertiary/aromatic N) is 2. The van der Waals surface area contributed by atoms with Gasteiger partial charge in [0.2, 0.25) is 18.0 Å². The lowest BCUT2D eigenvalue weighted by atomic mass is 10.1. The zero-order valence-corrected chi connectivity index (χ0v) is 17.8. The molecule has 0 bridgehead atoms. The molecule has 0 aliphatic carbocycles. The van der Waals surface area contributed by atoms with Crippen LogP contribution in [-0.4, -0.2) is 37.0 Å². The van der Waals surface area contributed by atoms with Crippen LogP contribution in [0.3, 0.4) is 0 Å². The van der Waals surface area contributed by atoms with Crippen molar-refractivity contribution in [2.45, 2.75) is 20.1 Å². The van der Waals surface area contributed by atoms with E-state index in [-0.39, 0.29) is 17.6 Å². The fourth-order valence-corrected chi connectivity index (χ4v) is 3.17. The summed E-state index contributed by atoms with van der Waals surface area (Å²) in [6.45, 7) is 2.69. The van der Waals surface area contributed by atoms with Gasteiger partial charge in [-0.05, 0) is 36.4 Å². The van der Waals surface area contributed by atoms with E-state index >= 15 is 0 Å². The van der Waals surface area contributed by atoms with Crippen LogP contribution in [0.25, 0.3) is 0 Å². The van der Waals surface area contributed by atoms with E-state index in [4.69, 9.17) is 18.9 Å². The van der Waals surface area contributed by atoms with Crippen molar-refractivity contribution < 1.29 is 28.5 Å². The molecule has 0 N–H and O–H groups in total. The fourth-order valence-electron chi connectivity index (χ4n) is 2.81. The van der Waals surface area contributed by atoms with Gasteiger partial charge in [0.1, 0.15) is 5.75 Å². The van der Waals surface area contributed by atoms with Crippen LogP contribution in [0.2, 0.25) is 0 Å². The first-order valence-corrected chi connectivity index (χ1v) is 9.38. The number of ether oxygens (including phenoxy) is 4. The lowest BCUT2D eigenvalue weighted by Crippen LogP contribution is -2.25. The van der Waals surface area contributed by atoms with Gasteiger partial charge in [-0.15, -0.1) is 5.10 Å². The number of amides is 1. The second-order valence-electron chi connectivity index (χ2n) is 6.09. The molecule has 1 heterocycles.